The Balaban J connectivity index is 2.58. The third-order valence-electron chi connectivity index (χ3n) is 2.74. The van der Waals surface area contributed by atoms with Crippen LogP contribution in [0.4, 0.5) is 0 Å². The fourth-order valence-corrected chi connectivity index (χ4v) is 2.23. The molecule has 0 bridgehead atoms. The van der Waals surface area contributed by atoms with Gasteiger partial charge in [0.1, 0.15) is 0 Å². The molecule has 1 aromatic carbocycles. The molecule has 0 heterocycles. The number of hydrogen-bond acceptors (Lipinski definition) is 3. The molecule has 0 spiro atoms. The molecule has 0 aliphatic heterocycles. The van der Waals surface area contributed by atoms with Gasteiger partial charge in [-0.1, -0.05) is 32.3 Å². The summed E-state index contributed by atoms with van der Waals surface area (Å²) in [6.45, 7) is 2.72. The molecule has 0 saturated carbocycles. The summed E-state index contributed by atoms with van der Waals surface area (Å²) >= 11 is 0. The second-order valence-corrected chi connectivity index (χ2v) is 5.95. The van der Waals surface area contributed by atoms with Gasteiger partial charge in [0.15, 0.2) is 0 Å². The summed E-state index contributed by atoms with van der Waals surface area (Å²) in [4.78, 5) is 11.8. The quantitative estimate of drug-likeness (QED) is 0.746. The van der Waals surface area contributed by atoms with Crippen molar-refractivity contribution in [3.8, 4) is 0 Å². The number of carbonyl (C=O) groups excluding carboxylic acids is 1. The van der Waals surface area contributed by atoms with E-state index in [0.717, 1.165) is 25.7 Å². The highest BCUT2D eigenvalue weighted by Gasteiger charge is 2.11. The van der Waals surface area contributed by atoms with E-state index in [1.807, 2.05) is 0 Å². The minimum Gasteiger partial charge on any atom is -0.352 e. The van der Waals surface area contributed by atoms with Crippen molar-refractivity contribution >= 4 is 15.9 Å². The van der Waals surface area contributed by atoms with E-state index in [0.29, 0.717) is 12.1 Å². The summed E-state index contributed by atoms with van der Waals surface area (Å²) in [5, 5.41) is 7.78. The Kier molecular flexibility index (Phi) is 5.98. The lowest BCUT2D eigenvalue weighted by molar-refractivity contribution is 0.0952. The van der Waals surface area contributed by atoms with Gasteiger partial charge >= 0.3 is 0 Å². The van der Waals surface area contributed by atoms with Crippen LogP contribution in [0.15, 0.2) is 29.2 Å². The maximum atomic E-state index is 11.8. The molecule has 0 aliphatic rings. The van der Waals surface area contributed by atoms with Crippen molar-refractivity contribution < 1.29 is 13.2 Å². The highest BCUT2D eigenvalue weighted by molar-refractivity contribution is 7.89. The van der Waals surface area contributed by atoms with Crippen molar-refractivity contribution in [2.24, 2.45) is 5.14 Å². The molecule has 0 atom stereocenters. The summed E-state index contributed by atoms with van der Waals surface area (Å²) < 4.78 is 22.4. The number of hydrogen-bond donors (Lipinski definition) is 2. The minimum atomic E-state index is -3.77. The maximum Gasteiger partial charge on any atom is 0.251 e. The van der Waals surface area contributed by atoms with Gasteiger partial charge in [0.25, 0.3) is 5.91 Å². The first-order chi connectivity index (χ1) is 8.95. The van der Waals surface area contributed by atoms with Crippen molar-refractivity contribution in [2.75, 3.05) is 6.54 Å². The van der Waals surface area contributed by atoms with Crippen molar-refractivity contribution in [3.05, 3.63) is 29.8 Å². The Bertz CT molecular complexity index is 526. The number of carbonyl (C=O) groups is 1. The standard InChI is InChI=1S/C13H20N2O3S/c1-2-3-4-5-9-15-13(16)11-7-6-8-12(10-11)19(14,17)18/h6-8,10H,2-5,9H2,1H3,(H,15,16)(H2,14,17,18). The zero-order chi connectivity index (χ0) is 14.3. The lowest BCUT2D eigenvalue weighted by Gasteiger charge is -2.06. The van der Waals surface area contributed by atoms with Crippen LogP contribution in [-0.2, 0) is 10.0 Å². The Hall–Kier alpha value is -1.40. The van der Waals surface area contributed by atoms with E-state index in [-0.39, 0.29) is 10.8 Å². The molecule has 0 saturated heterocycles. The van der Waals surface area contributed by atoms with Crippen molar-refractivity contribution in [1.29, 1.82) is 0 Å². The Morgan fingerprint density at radius 3 is 2.63 bits per heavy atom. The molecule has 0 fully saturated rings. The van der Waals surface area contributed by atoms with Crippen LogP contribution in [0.1, 0.15) is 43.0 Å². The molecule has 0 aliphatic carbocycles. The van der Waals surface area contributed by atoms with E-state index in [2.05, 4.69) is 12.2 Å². The van der Waals surface area contributed by atoms with E-state index in [1.54, 1.807) is 6.07 Å². The average Bonchev–Trinajstić information content (AvgIpc) is 2.37. The molecule has 0 radical (unpaired) electrons. The molecular formula is C13H20N2O3S. The number of nitrogens with one attached hydrogen (secondary N) is 1. The molecule has 6 heteroatoms. The second kappa shape index (κ2) is 7.25. The first kappa shape index (κ1) is 15.7. The number of unbranched alkanes of at least 4 members (excludes halogenated alkanes) is 3. The van der Waals surface area contributed by atoms with Gasteiger partial charge in [-0.2, -0.15) is 0 Å². The maximum absolute atomic E-state index is 11.8. The predicted octanol–water partition coefficient (Wildman–Crippen LogP) is 1.64. The van der Waals surface area contributed by atoms with Crippen LogP contribution < -0.4 is 10.5 Å². The number of primary sulfonamides is 1. The molecular weight excluding hydrogens is 264 g/mol. The molecule has 106 valence electrons. The number of benzene rings is 1. The predicted molar refractivity (Wildman–Crippen MR) is 74.3 cm³/mol. The fraction of sp³-hybridized carbons (Fsp3) is 0.462. The highest BCUT2D eigenvalue weighted by Crippen LogP contribution is 2.09. The Labute approximate surface area is 114 Å². The number of amides is 1. The summed E-state index contributed by atoms with van der Waals surface area (Å²) in [5.74, 6) is -0.276. The van der Waals surface area contributed by atoms with Gasteiger partial charge in [0.05, 0.1) is 4.90 Å². The van der Waals surface area contributed by atoms with Crippen LogP contribution in [0.25, 0.3) is 0 Å². The molecule has 19 heavy (non-hydrogen) atoms. The highest BCUT2D eigenvalue weighted by atomic mass is 32.2. The van der Waals surface area contributed by atoms with Gasteiger partial charge in [0.2, 0.25) is 10.0 Å². The summed E-state index contributed by atoms with van der Waals surface area (Å²) in [7, 11) is -3.77. The Morgan fingerprint density at radius 1 is 1.26 bits per heavy atom. The van der Waals surface area contributed by atoms with Gasteiger partial charge in [-0.25, -0.2) is 13.6 Å². The van der Waals surface area contributed by atoms with E-state index < -0.39 is 10.0 Å². The lowest BCUT2D eigenvalue weighted by Crippen LogP contribution is -2.24. The lowest BCUT2D eigenvalue weighted by atomic mass is 10.2. The number of sulfonamides is 1. The smallest absolute Gasteiger partial charge is 0.251 e. The molecule has 1 amide bonds. The molecule has 0 aromatic heterocycles. The van der Waals surface area contributed by atoms with Crippen molar-refractivity contribution in [1.82, 2.24) is 5.32 Å². The van der Waals surface area contributed by atoms with Gasteiger partial charge < -0.3 is 5.32 Å². The van der Waals surface area contributed by atoms with Gasteiger partial charge in [-0.15, -0.1) is 0 Å². The fourth-order valence-electron chi connectivity index (χ4n) is 1.67. The number of nitrogens with two attached hydrogens (primary N) is 1. The van der Waals surface area contributed by atoms with Crippen LogP contribution in [0.5, 0.6) is 0 Å². The zero-order valence-corrected chi connectivity index (χ0v) is 11.9. The molecule has 1 aromatic rings. The van der Waals surface area contributed by atoms with Crippen LogP contribution in [-0.4, -0.2) is 20.9 Å². The SMILES string of the molecule is CCCCCCNC(=O)c1cccc(S(N)(=O)=O)c1. The summed E-state index contributed by atoms with van der Waals surface area (Å²) in [6.07, 6.45) is 4.30. The molecule has 3 N–H and O–H groups in total. The first-order valence-corrected chi connectivity index (χ1v) is 7.91. The van der Waals surface area contributed by atoms with Crippen molar-refractivity contribution in [3.63, 3.8) is 0 Å². The van der Waals surface area contributed by atoms with Crippen LogP contribution in [0.2, 0.25) is 0 Å². The second-order valence-electron chi connectivity index (χ2n) is 4.39. The molecule has 0 unspecified atom stereocenters. The van der Waals surface area contributed by atoms with E-state index in [4.69, 9.17) is 5.14 Å². The summed E-state index contributed by atoms with van der Waals surface area (Å²) in [5.41, 5.74) is 0.307. The van der Waals surface area contributed by atoms with Crippen LogP contribution in [0, 0.1) is 0 Å². The summed E-state index contributed by atoms with van der Waals surface area (Å²) in [6, 6.07) is 5.73. The zero-order valence-electron chi connectivity index (χ0n) is 11.1. The van der Waals surface area contributed by atoms with E-state index in [1.165, 1.54) is 18.2 Å². The molecule has 5 nitrogen and oxygen atoms in total. The van der Waals surface area contributed by atoms with E-state index in [9.17, 15) is 13.2 Å². The average molecular weight is 284 g/mol. The third kappa shape index (κ3) is 5.40. The molecule has 1 rings (SSSR count). The van der Waals surface area contributed by atoms with E-state index >= 15 is 0 Å². The van der Waals surface area contributed by atoms with Crippen LogP contribution >= 0.6 is 0 Å². The first-order valence-electron chi connectivity index (χ1n) is 6.36. The number of rotatable bonds is 7. The minimum absolute atomic E-state index is 0.0499. The normalized spacial score (nSPS) is 11.3. The largest absolute Gasteiger partial charge is 0.352 e. The monoisotopic (exact) mass is 284 g/mol. The Morgan fingerprint density at radius 2 is 2.00 bits per heavy atom. The van der Waals surface area contributed by atoms with Crippen LogP contribution in [0.3, 0.4) is 0 Å². The third-order valence-corrected chi connectivity index (χ3v) is 3.65. The van der Waals surface area contributed by atoms with Crippen molar-refractivity contribution in [2.45, 2.75) is 37.5 Å². The topological polar surface area (TPSA) is 89.3 Å². The van der Waals surface area contributed by atoms with Gasteiger partial charge in [-0.3, -0.25) is 4.79 Å². The van der Waals surface area contributed by atoms with Gasteiger partial charge in [0, 0.05) is 12.1 Å². The van der Waals surface area contributed by atoms with Gasteiger partial charge in [-0.05, 0) is 24.6 Å².